The summed E-state index contributed by atoms with van der Waals surface area (Å²) >= 11 is 1.28. The van der Waals surface area contributed by atoms with Gasteiger partial charge in [0.15, 0.2) is 22.4 Å². The zero-order valence-corrected chi connectivity index (χ0v) is 10.5. The normalized spacial score (nSPS) is 10.5. The molecule has 92 valence electrons. The molecule has 2 aromatic heterocycles. The van der Waals surface area contributed by atoms with E-state index in [2.05, 4.69) is 19.8 Å². The number of nitrogens with one attached hydrogen (secondary N) is 1. The molecule has 2 aromatic rings. The Balaban J connectivity index is 1.89. The van der Waals surface area contributed by atoms with Gasteiger partial charge in [-0.15, -0.1) is 0 Å². The Morgan fingerprint density at radius 3 is 3.06 bits per heavy atom. The molecule has 0 saturated carbocycles. The smallest absolute Gasteiger partial charge is 0.197 e. The van der Waals surface area contributed by atoms with Crippen LogP contribution in [0.1, 0.15) is 5.82 Å². The van der Waals surface area contributed by atoms with Crippen molar-refractivity contribution in [3.63, 3.8) is 0 Å². The summed E-state index contributed by atoms with van der Waals surface area (Å²) in [7, 11) is 3.42. The molecule has 0 unspecified atom stereocenters. The number of rotatable bonds is 5. The Kier molecular flexibility index (Phi) is 3.43. The maximum Gasteiger partial charge on any atom is 0.197 e. The fourth-order valence-corrected chi connectivity index (χ4v) is 2.10. The van der Waals surface area contributed by atoms with Crippen LogP contribution in [0.3, 0.4) is 0 Å². The van der Waals surface area contributed by atoms with Crippen LogP contribution in [0.15, 0.2) is 6.33 Å². The van der Waals surface area contributed by atoms with Gasteiger partial charge in [-0.1, -0.05) is 0 Å². The summed E-state index contributed by atoms with van der Waals surface area (Å²) in [5.74, 6) is 1.82. The van der Waals surface area contributed by atoms with Crippen molar-refractivity contribution >= 4 is 22.4 Å². The van der Waals surface area contributed by atoms with E-state index in [9.17, 15) is 0 Å². The minimum absolute atomic E-state index is 0.413. The molecule has 0 aromatic carbocycles. The Labute approximate surface area is 103 Å². The lowest BCUT2D eigenvalue weighted by Gasteiger charge is -2.04. The van der Waals surface area contributed by atoms with Gasteiger partial charge in [-0.25, -0.2) is 4.98 Å². The number of nitrogens with zero attached hydrogens (tertiary/aromatic N) is 4. The van der Waals surface area contributed by atoms with Crippen LogP contribution >= 0.6 is 11.5 Å². The van der Waals surface area contributed by atoms with E-state index in [0.717, 1.165) is 17.2 Å². The molecule has 17 heavy (non-hydrogen) atoms. The zero-order chi connectivity index (χ0) is 12.3. The first-order chi connectivity index (χ1) is 8.20. The number of anilines is 2. The van der Waals surface area contributed by atoms with Gasteiger partial charge in [-0.05, 0) is 11.5 Å². The second kappa shape index (κ2) is 5.00. The molecule has 0 bridgehead atoms. The average molecular weight is 254 g/mol. The Morgan fingerprint density at radius 2 is 2.41 bits per heavy atom. The molecule has 0 atom stereocenters. The molecular formula is C9H14N6OS. The lowest BCUT2D eigenvalue weighted by Crippen LogP contribution is -2.06. The van der Waals surface area contributed by atoms with Gasteiger partial charge in [0.05, 0.1) is 7.11 Å². The minimum atomic E-state index is 0.413. The molecule has 0 aliphatic carbocycles. The first-order valence-electron chi connectivity index (χ1n) is 5.08. The molecule has 0 fully saturated rings. The third-order valence-corrected chi connectivity index (χ3v) is 2.96. The van der Waals surface area contributed by atoms with Crippen LogP contribution < -0.4 is 15.8 Å². The van der Waals surface area contributed by atoms with Gasteiger partial charge in [0, 0.05) is 20.0 Å². The van der Waals surface area contributed by atoms with Crippen molar-refractivity contribution in [1.29, 1.82) is 0 Å². The maximum absolute atomic E-state index is 5.64. The van der Waals surface area contributed by atoms with Crippen molar-refractivity contribution in [2.24, 2.45) is 7.05 Å². The number of hydrogen-bond acceptors (Lipinski definition) is 7. The van der Waals surface area contributed by atoms with Gasteiger partial charge in [-0.2, -0.15) is 9.47 Å². The molecular weight excluding hydrogens is 240 g/mol. The molecule has 0 aliphatic heterocycles. The van der Waals surface area contributed by atoms with Crippen molar-refractivity contribution in [1.82, 2.24) is 19.1 Å². The summed E-state index contributed by atoms with van der Waals surface area (Å²) < 4.78 is 10.8. The van der Waals surface area contributed by atoms with E-state index in [1.54, 1.807) is 18.1 Å². The molecule has 0 radical (unpaired) electrons. The predicted octanol–water partition coefficient (Wildman–Crippen LogP) is 0.517. The minimum Gasteiger partial charge on any atom is -0.490 e. The zero-order valence-electron chi connectivity index (χ0n) is 9.67. The van der Waals surface area contributed by atoms with Crippen LogP contribution in [-0.2, 0) is 13.5 Å². The van der Waals surface area contributed by atoms with E-state index in [0.29, 0.717) is 18.1 Å². The van der Waals surface area contributed by atoms with Crippen LogP contribution in [0, 0.1) is 0 Å². The number of nitrogens with two attached hydrogens (primary N) is 1. The third-order valence-electron chi connectivity index (χ3n) is 2.16. The highest BCUT2D eigenvalue weighted by Crippen LogP contribution is 2.34. The fourth-order valence-electron chi connectivity index (χ4n) is 1.39. The van der Waals surface area contributed by atoms with Crippen molar-refractivity contribution in [2.75, 3.05) is 24.7 Å². The molecule has 3 N–H and O–H groups in total. The lowest BCUT2D eigenvalue weighted by atomic mass is 10.4. The second-order valence-electron chi connectivity index (χ2n) is 3.44. The molecule has 2 rings (SSSR count). The Morgan fingerprint density at radius 1 is 1.59 bits per heavy atom. The van der Waals surface area contributed by atoms with Crippen LogP contribution in [-0.4, -0.2) is 32.8 Å². The molecule has 0 amide bonds. The molecule has 2 heterocycles. The number of nitrogen functional groups attached to an aromatic ring is 1. The third kappa shape index (κ3) is 2.64. The highest BCUT2D eigenvalue weighted by atomic mass is 32.1. The van der Waals surface area contributed by atoms with Gasteiger partial charge in [0.1, 0.15) is 6.33 Å². The fraction of sp³-hybridized carbons (Fsp3) is 0.444. The van der Waals surface area contributed by atoms with Crippen molar-refractivity contribution in [3.05, 3.63) is 12.2 Å². The first-order valence-corrected chi connectivity index (χ1v) is 5.85. The van der Waals surface area contributed by atoms with E-state index in [-0.39, 0.29) is 0 Å². The summed E-state index contributed by atoms with van der Waals surface area (Å²) in [6.45, 7) is 0.710. The van der Waals surface area contributed by atoms with Gasteiger partial charge >= 0.3 is 0 Å². The monoisotopic (exact) mass is 254 g/mol. The van der Waals surface area contributed by atoms with E-state index in [4.69, 9.17) is 10.5 Å². The SMILES string of the molecule is COc1c(N)nsc1NCCc1ncn(C)n1. The molecule has 0 aliphatic rings. The standard InChI is InChI=1S/C9H14N6OS/c1-15-5-12-6(13-15)3-4-11-9-7(16-2)8(10)14-17-9/h5,11H,3-4H2,1-2H3,(H2,10,14). The van der Waals surface area contributed by atoms with Crippen LogP contribution in [0.5, 0.6) is 5.75 Å². The van der Waals surface area contributed by atoms with Crippen LogP contribution in [0.2, 0.25) is 0 Å². The van der Waals surface area contributed by atoms with Crippen molar-refractivity contribution in [2.45, 2.75) is 6.42 Å². The quantitative estimate of drug-likeness (QED) is 0.808. The van der Waals surface area contributed by atoms with E-state index in [1.807, 2.05) is 7.05 Å². The van der Waals surface area contributed by atoms with Gasteiger partial charge in [-0.3, -0.25) is 4.68 Å². The second-order valence-corrected chi connectivity index (χ2v) is 4.21. The summed E-state index contributed by atoms with van der Waals surface area (Å²) in [5.41, 5.74) is 5.64. The summed E-state index contributed by atoms with van der Waals surface area (Å²) in [4.78, 5) is 4.14. The highest BCUT2D eigenvalue weighted by molar-refractivity contribution is 7.11. The van der Waals surface area contributed by atoms with Crippen LogP contribution in [0.4, 0.5) is 10.8 Å². The first kappa shape index (κ1) is 11.6. The van der Waals surface area contributed by atoms with E-state index >= 15 is 0 Å². The molecule has 8 heteroatoms. The van der Waals surface area contributed by atoms with Crippen molar-refractivity contribution in [3.8, 4) is 5.75 Å². The summed E-state index contributed by atoms with van der Waals surface area (Å²) in [6, 6.07) is 0. The predicted molar refractivity (Wildman–Crippen MR) is 66.3 cm³/mol. The van der Waals surface area contributed by atoms with Gasteiger partial charge < -0.3 is 15.8 Å². The Bertz CT molecular complexity index is 493. The number of aromatic nitrogens is 4. The van der Waals surface area contributed by atoms with Crippen molar-refractivity contribution < 1.29 is 4.74 Å². The number of methoxy groups -OCH3 is 1. The van der Waals surface area contributed by atoms with Gasteiger partial charge in [0.25, 0.3) is 0 Å². The summed E-state index contributed by atoms with van der Waals surface area (Å²) in [6.07, 6.45) is 2.42. The number of hydrogen-bond donors (Lipinski definition) is 2. The highest BCUT2D eigenvalue weighted by Gasteiger charge is 2.11. The van der Waals surface area contributed by atoms with Gasteiger partial charge in [0.2, 0.25) is 0 Å². The maximum atomic E-state index is 5.64. The summed E-state index contributed by atoms with van der Waals surface area (Å²) in [5, 5.41) is 8.23. The number of aryl methyl sites for hydroxylation is 1. The molecule has 0 saturated heterocycles. The molecule has 7 nitrogen and oxygen atoms in total. The Hall–Kier alpha value is -1.83. The lowest BCUT2D eigenvalue weighted by molar-refractivity contribution is 0.419. The molecule has 0 spiro atoms. The van der Waals surface area contributed by atoms with E-state index < -0.39 is 0 Å². The van der Waals surface area contributed by atoms with E-state index in [1.165, 1.54) is 11.5 Å². The topological polar surface area (TPSA) is 90.9 Å². The largest absolute Gasteiger partial charge is 0.490 e. The number of ether oxygens (including phenoxy) is 1. The average Bonchev–Trinajstić information content (AvgIpc) is 2.86. The van der Waals surface area contributed by atoms with Crippen LogP contribution in [0.25, 0.3) is 0 Å².